The number of nitrogens with zero attached hydrogens (tertiary/aromatic N) is 3. The van der Waals surface area contributed by atoms with Gasteiger partial charge < -0.3 is 14.5 Å². The number of carbonyl (C=O) groups excluding carboxylic acids is 1. The van der Waals surface area contributed by atoms with Gasteiger partial charge in [-0.3, -0.25) is 9.59 Å². The smallest absolute Gasteiger partial charge is 0.303 e. The maximum absolute atomic E-state index is 11.7. The van der Waals surface area contributed by atoms with Gasteiger partial charge in [0.2, 0.25) is 17.6 Å². The highest BCUT2D eigenvalue weighted by Gasteiger charge is 2.21. The molecule has 1 amide bonds. The Balaban J connectivity index is 1.72. The normalized spacial score (nSPS) is 14.5. The Kier molecular flexibility index (Phi) is 3.86. The zero-order valence-corrected chi connectivity index (χ0v) is 11.9. The summed E-state index contributed by atoms with van der Waals surface area (Å²) in [4.78, 5) is 28.2. The molecule has 0 spiro atoms. The fraction of sp³-hybridized carbons (Fsp3) is 0.333. The first-order valence-electron chi connectivity index (χ1n) is 7.08. The number of hydrogen-bond acceptors (Lipinski definition) is 5. The zero-order chi connectivity index (χ0) is 15.5. The Morgan fingerprint density at radius 3 is 2.73 bits per heavy atom. The first-order chi connectivity index (χ1) is 10.6. The van der Waals surface area contributed by atoms with Crippen molar-refractivity contribution in [2.24, 2.45) is 0 Å². The summed E-state index contributed by atoms with van der Waals surface area (Å²) in [5.74, 6) is -0.0430. The van der Waals surface area contributed by atoms with Gasteiger partial charge in [0.15, 0.2) is 0 Å². The molecule has 0 radical (unpaired) electrons. The van der Waals surface area contributed by atoms with Gasteiger partial charge in [0, 0.05) is 30.6 Å². The SMILES string of the molecule is O=C(O)CCc1nc(-c2ccc(N3CCCC3=O)cc2)no1. The van der Waals surface area contributed by atoms with E-state index < -0.39 is 5.97 Å². The Morgan fingerprint density at radius 1 is 1.32 bits per heavy atom. The van der Waals surface area contributed by atoms with Crippen LogP contribution in [-0.2, 0) is 16.0 Å². The van der Waals surface area contributed by atoms with E-state index in [0.29, 0.717) is 18.1 Å². The third-order valence-electron chi connectivity index (χ3n) is 3.53. The Hall–Kier alpha value is -2.70. The fourth-order valence-electron chi connectivity index (χ4n) is 2.40. The van der Waals surface area contributed by atoms with Gasteiger partial charge in [-0.05, 0) is 30.7 Å². The summed E-state index contributed by atoms with van der Waals surface area (Å²) in [6, 6.07) is 7.36. The van der Waals surface area contributed by atoms with Gasteiger partial charge in [-0.15, -0.1) is 0 Å². The molecule has 2 aromatic rings. The second kappa shape index (κ2) is 5.97. The monoisotopic (exact) mass is 301 g/mol. The molecule has 0 saturated carbocycles. The maximum Gasteiger partial charge on any atom is 0.303 e. The van der Waals surface area contributed by atoms with E-state index in [2.05, 4.69) is 10.1 Å². The third kappa shape index (κ3) is 2.98. The van der Waals surface area contributed by atoms with Crippen molar-refractivity contribution in [1.29, 1.82) is 0 Å². The van der Waals surface area contributed by atoms with Gasteiger partial charge in [0.1, 0.15) is 0 Å². The lowest BCUT2D eigenvalue weighted by Gasteiger charge is -2.15. The van der Waals surface area contributed by atoms with E-state index >= 15 is 0 Å². The first-order valence-corrected chi connectivity index (χ1v) is 7.08. The molecule has 1 saturated heterocycles. The van der Waals surface area contributed by atoms with Crippen molar-refractivity contribution < 1.29 is 19.2 Å². The van der Waals surface area contributed by atoms with E-state index in [9.17, 15) is 9.59 Å². The summed E-state index contributed by atoms with van der Waals surface area (Å²) in [5.41, 5.74) is 1.63. The number of hydrogen-bond donors (Lipinski definition) is 1. The molecule has 1 aromatic carbocycles. The highest BCUT2D eigenvalue weighted by atomic mass is 16.5. The molecule has 22 heavy (non-hydrogen) atoms. The number of carboxylic acids is 1. The van der Waals surface area contributed by atoms with Gasteiger partial charge in [-0.1, -0.05) is 5.16 Å². The van der Waals surface area contributed by atoms with E-state index in [1.807, 2.05) is 24.3 Å². The predicted octanol–water partition coefficient (Wildman–Crippen LogP) is 1.88. The van der Waals surface area contributed by atoms with Crippen LogP contribution in [0.25, 0.3) is 11.4 Å². The Labute approximate surface area is 126 Å². The van der Waals surface area contributed by atoms with Crippen LogP contribution in [0.3, 0.4) is 0 Å². The number of aromatic nitrogens is 2. The largest absolute Gasteiger partial charge is 0.481 e. The van der Waals surface area contributed by atoms with Crippen LogP contribution in [0.1, 0.15) is 25.2 Å². The fourth-order valence-corrected chi connectivity index (χ4v) is 2.40. The molecular weight excluding hydrogens is 286 g/mol. The first kappa shape index (κ1) is 14.2. The molecule has 7 heteroatoms. The number of carbonyl (C=O) groups is 2. The molecule has 0 bridgehead atoms. The van der Waals surface area contributed by atoms with Crippen molar-refractivity contribution in [2.75, 3.05) is 11.4 Å². The maximum atomic E-state index is 11.7. The molecule has 1 aliphatic rings. The Bertz CT molecular complexity index is 693. The number of aryl methyl sites for hydroxylation is 1. The van der Waals surface area contributed by atoms with Crippen LogP contribution in [0.4, 0.5) is 5.69 Å². The average Bonchev–Trinajstić information content (AvgIpc) is 3.14. The third-order valence-corrected chi connectivity index (χ3v) is 3.53. The predicted molar refractivity (Wildman–Crippen MR) is 77.3 cm³/mol. The molecule has 1 N–H and O–H groups in total. The molecular formula is C15H15N3O4. The van der Waals surface area contributed by atoms with Crippen LogP contribution < -0.4 is 4.90 Å². The van der Waals surface area contributed by atoms with E-state index in [0.717, 1.165) is 24.2 Å². The summed E-state index contributed by atoms with van der Waals surface area (Å²) in [6.45, 7) is 0.750. The van der Waals surface area contributed by atoms with E-state index in [1.165, 1.54) is 0 Å². The molecule has 0 atom stereocenters. The van der Waals surface area contributed by atoms with Crippen LogP contribution in [0.15, 0.2) is 28.8 Å². The highest BCUT2D eigenvalue weighted by molar-refractivity contribution is 5.95. The van der Waals surface area contributed by atoms with Gasteiger partial charge in [-0.2, -0.15) is 4.98 Å². The Morgan fingerprint density at radius 2 is 2.09 bits per heavy atom. The highest BCUT2D eigenvalue weighted by Crippen LogP contribution is 2.24. The summed E-state index contributed by atoms with van der Waals surface area (Å²) < 4.78 is 5.03. The van der Waals surface area contributed by atoms with Crippen molar-refractivity contribution in [3.63, 3.8) is 0 Å². The molecule has 1 aliphatic heterocycles. The average molecular weight is 301 g/mol. The van der Waals surface area contributed by atoms with Crippen molar-refractivity contribution in [3.05, 3.63) is 30.2 Å². The molecule has 1 aromatic heterocycles. The molecule has 1 fully saturated rings. The lowest BCUT2D eigenvalue weighted by molar-refractivity contribution is -0.137. The summed E-state index contributed by atoms with van der Waals surface area (Å²) in [7, 11) is 0. The van der Waals surface area contributed by atoms with E-state index in [1.54, 1.807) is 4.90 Å². The number of rotatable bonds is 5. The van der Waals surface area contributed by atoms with Crippen molar-refractivity contribution in [2.45, 2.75) is 25.7 Å². The standard InChI is InChI=1S/C15H15N3O4/c19-13-2-1-9-18(13)11-5-3-10(4-6-11)15-16-12(22-17-15)7-8-14(20)21/h3-6H,1-2,7-9H2,(H,20,21). The second-order valence-electron chi connectivity index (χ2n) is 5.10. The summed E-state index contributed by atoms with van der Waals surface area (Å²) in [6.07, 6.45) is 1.65. The van der Waals surface area contributed by atoms with E-state index in [4.69, 9.17) is 9.63 Å². The topological polar surface area (TPSA) is 96.5 Å². The molecule has 0 aliphatic carbocycles. The van der Waals surface area contributed by atoms with Crippen LogP contribution in [-0.4, -0.2) is 33.7 Å². The lowest BCUT2D eigenvalue weighted by Crippen LogP contribution is -2.23. The van der Waals surface area contributed by atoms with E-state index in [-0.39, 0.29) is 18.7 Å². The van der Waals surface area contributed by atoms with Gasteiger partial charge >= 0.3 is 5.97 Å². The number of benzene rings is 1. The van der Waals surface area contributed by atoms with Crippen LogP contribution in [0.5, 0.6) is 0 Å². The minimum absolute atomic E-state index is 0.0440. The summed E-state index contributed by atoms with van der Waals surface area (Å²) >= 11 is 0. The molecule has 2 heterocycles. The molecule has 7 nitrogen and oxygen atoms in total. The second-order valence-corrected chi connectivity index (χ2v) is 5.10. The number of aliphatic carboxylic acids is 1. The minimum atomic E-state index is -0.903. The van der Waals surface area contributed by atoms with Crippen LogP contribution >= 0.6 is 0 Å². The zero-order valence-electron chi connectivity index (χ0n) is 11.9. The van der Waals surface area contributed by atoms with Crippen molar-refractivity contribution >= 4 is 17.6 Å². The van der Waals surface area contributed by atoms with Gasteiger partial charge in [0.25, 0.3) is 0 Å². The molecule has 114 valence electrons. The number of anilines is 1. The quantitative estimate of drug-likeness (QED) is 0.905. The number of amides is 1. The molecule has 0 unspecified atom stereocenters. The van der Waals surface area contributed by atoms with Gasteiger partial charge in [-0.25, -0.2) is 0 Å². The van der Waals surface area contributed by atoms with Crippen LogP contribution in [0, 0.1) is 0 Å². The lowest BCUT2D eigenvalue weighted by atomic mass is 10.2. The van der Waals surface area contributed by atoms with Crippen molar-refractivity contribution in [1.82, 2.24) is 10.1 Å². The number of carboxylic acid groups (broad SMARTS) is 1. The molecule has 3 rings (SSSR count). The van der Waals surface area contributed by atoms with Crippen molar-refractivity contribution in [3.8, 4) is 11.4 Å². The summed E-state index contributed by atoms with van der Waals surface area (Å²) in [5, 5.41) is 12.5. The van der Waals surface area contributed by atoms with Gasteiger partial charge in [0.05, 0.1) is 6.42 Å². The van der Waals surface area contributed by atoms with Crippen LogP contribution in [0.2, 0.25) is 0 Å². The minimum Gasteiger partial charge on any atom is -0.481 e.